The fourth-order valence-corrected chi connectivity index (χ4v) is 2.75. The van der Waals surface area contributed by atoms with E-state index in [4.69, 9.17) is 14.3 Å². The Morgan fingerprint density at radius 1 is 1.20 bits per heavy atom. The predicted molar refractivity (Wildman–Crippen MR) is 104 cm³/mol. The lowest BCUT2D eigenvalue weighted by atomic mass is 9.97. The Morgan fingerprint density at radius 3 is 2.57 bits per heavy atom. The number of ether oxygens (including phenoxy) is 2. The quantitative estimate of drug-likeness (QED) is 0.216. The second kappa shape index (κ2) is 9.91. The van der Waals surface area contributed by atoms with Crippen molar-refractivity contribution in [3.05, 3.63) is 70.7 Å². The Hall–Kier alpha value is -3.36. The molecule has 0 amide bonds. The molecule has 0 aliphatic rings. The monoisotopic (exact) mass is 422 g/mol. The van der Waals surface area contributed by atoms with Gasteiger partial charge in [0.05, 0.1) is 31.7 Å². The maximum absolute atomic E-state index is 13.2. The minimum absolute atomic E-state index is 0.0290. The summed E-state index contributed by atoms with van der Waals surface area (Å²) >= 11 is 0. The van der Waals surface area contributed by atoms with Crippen LogP contribution in [0.4, 0.5) is 13.2 Å². The molecule has 0 spiro atoms. The average molecular weight is 422 g/mol. The number of carbonyl (C=O) groups excluding carboxylic acids is 1. The molecular formula is C21H21F3N2O4. The van der Waals surface area contributed by atoms with Gasteiger partial charge in [0.25, 0.3) is 0 Å². The maximum atomic E-state index is 13.2. The number of methoxy groups -OCH3 is 2. The molecule has 0 aliphatic carbocycles. The van der Waals surface area contributed by atoms with Gasteiger partial charge >= 0.3 is 12.1 Å². The van der Waals surface area contributed by atoms with E-state index in [1.807, 2.05) is 0 Å². The number of hydrogen-bond donors (Lipinski definition) is 0. The van der Waals surface area contributed by atoms with Crippen molar-refractivity contribution in [2.24, 2.45) is 5.16 Å². The Labute approximate surface area is 172 Å². The number of carbonyl (C=O) groups is 1. The van der Waals surface area contributed by atoms with E-state index in [2.05, 4.69) is 10.1 Å². The van der Waals surface area contributed by atoms with Crippen molar-refractivity contribution in [1.29, 1.82) is 0 Å². The molecule has 2 rings (SSSR count). The summed E-state index contributed by atoms with van der Waals surface area (Å²) in [4.78, 5) is 21.2. The van der Waals surface area contributed by atoms with Gasteiger partial charge in [0.15, 0.2) is 0 Å². The van der Waals surface area contributed by atoms with Gasteiger partial charge in [-0.3, -0.25) is 4.98 Å². The molecular weight excluding hydrogens is 401 g/mol. The van der Waals surface area contributed by atoms with Crippen LogP contribution in [0.5, 0.6) is 0 Å². The van der Waals surface area contributed by atoms with Gasteiger partial charge in [-0.05, 0) is 37.1 Å². The third-order valence-corrected chi connectivity index (χ3v) is 4.21. The summed E-state index contributed by atoms with van der Waals surface area (Å²) in [7, 11) is 2.64. The largest absolute Gasteiger partial charge is 0.503 e. The summed E-state index contributed by atoms with van der Waals surface area (Å²) < 4.78 is 49.3. The van der Waals surface area contributed by atoms with Gasteiger partial charge in [0.1, 0.15) is 17.9 Å². The third-order valence-electron chi connectivity index (χ3n) is 4.21. The number of hydrogen-bond acceptors (Lipinski definition) is 6. The summed E-state index contributed by atoms with van der Waals surface area (Å²) in [6.45, 7) is 3.09. The number of aryl methyl sites for hydroxylation is 1. The van der Waals surface area contributed by atoms with Crippen LogP contribution in [-0.2, 0) is 31.9 Å². The van der Waals surface area contributed by atoms with E-state index in [1.54, 1.807) is 25.1 Å². The first-order chi connectivity index (χ1) is 14.2. The van der Waals surface area contributed by atoms with Crippen LogP contribution in [0.1, 0.15) is 34.9 Å². The lowest BCUT2D eigenvalue weighted by Gasteiger charge is -2.14. The van der Waals surface area contributed by atoms with Crippen molar-refractivity contribution in [3.63, 3.8) is 0 Å². The highest BCUT2D eigenvalue weighted by Gasteiger charge is 2.34. The van der Waals surface area contributed by atoms with Crippen molar-refractivity contribution in [2.75, 3.05) is 14.2 Å². The zero-order chi connectivity index (χ0) is 22.3. The summed E-state index contributed by atoms with van der Waals surface area (Å²) in [6, 6.07) is 7.37. The van der Waals surface area contributed by atoms with Gasteiger partial charge in [0.2, 0.25) is 0 Å². The zero-order valence-corrected chi connectivity index (χ0v) is 16.9. The molecule has 2 aromatic rings. The van der Waals surface area contributed by atoms with Crippen molar-refractivity contribution in [1.82, 2.24) is 4.98 Å². The summed E-state index contributed by atoms with van der Waals surface area (Å²) in [5.41, 5.74) is 0.836. The number of pyridine rings is 1. The Morgan fingerprint density at radius 2 is 1.93 bits per heavy atom. The summed E-state index contributed by atoms with van der Waals surface area (Å²) in [5.74, 6) is -0.605. The highest BCUT2D eigenvalue weighted by molar-refractivity contribution is 6.16. The number of benzene rings is 1. The molecule has 30 heavy (non-hydrogen) atoms. The van der Waals surface area contributed by atoms with Gasteiger partial charge in [-0.15, -0.1) is 0 Å². The lowest BCUT2D eigenvalue weighted by molar-refractivity contribution is -0.138. The van der Waals surface area contributed by atoms with Crippen LogP contribution in [0.15, 0.2) is 47.9 Å². The molecule has 1 aromatic carbocycles. The zero-order valence-electron chi connectivity index (χ0n) is 16.9. The minimum Gasteiger partial charge on any atom is -0.503 e. The van der Waals surface area contributed by atoms with Crippen LogP contribution in [-0.4, -0.2) is 30.9 Å². The van der Waals surface area contributed by atoms with Crippen LogP contribution in [0.25, 0.3) is 5.57 Å². The molecule has 0 aliphatic heterocycles. The molecule has 0 fully saturated rings. The molecule has 0 atom stereocenters. The SMILES string of the molecule is CO/C=C(/C(=O)OC)c1cccc(C)c1CO/N=C(\C)c1ncccc1C(F)(F)F. The lowest BCUT2D eigenvalue weighted by Crippen LogP contribution is -2.14. The van der Waals surface area contributed by atoms with Crippen molar-refractivity contribution < 1.29 is 32.3 Å². The third kappa shape index (κ3) is 5.37. The second-order valence-corrected chi connectivity index (χ2v) is 6.21. The molecule has 6 nitrogen and oxygen atoms in total. The number of oxime groups is 1. The molecule has 1 aromatic heterocycles. The summed E-state index contributed by atoms with van der Waals surface area (Å²) in [6.07, 6.45) is -2.06. The van der Waals surface area contributed by atoms with Gasteiger partial charge < -0.3 is 14.3 Å². The molecule has 0 radical (unpaired) electrons. The minimum atomic E-state index is -4.57. The summed E-state index contributed by atoms with van der Waals surface area (Å²) in [5, 5.41) is 3.80. The fraction of sp³-hybridized carbons (Fsp3) is 0.286. The smallest absolute Gasteiger partial charge is 0.418 e. The Kier molecular flexibility index (Phi) is 7.57. The maximum Gasteiger partial charge on any atom is 0.418 e. The van der Waals surface area contributed by atoms with E-state index in [-0.39, 0.29) is 23.6 Å². The molecule has 0 saturated heterocycles. The number of alkyl halides is 3. The average Bonchev–Trinajstić information content (AvgIpc) is 2.72. The molecule has 9 heteroatoms. The Balaban J connectivity index is 2.33. The number of aromatic nitrogens is 1. The van der Waals surface area contributed by atoms with E-state index in [0.717, 1.165) is 11.6 Å². The van der Waals surface area contributed by atoms with E-state index < -0.39 is 17.7 Å². The highest BCUT2D eigenvalue weighted by Crippen LogP contribution is 2.31. The normalized spacial score (nSPS) is 12.5. The topological polar surface area (TPSA) is 70.0 Å². The van der Waals surface area contributed by atoms with Gasteiger partial charge in [0, 0.05) is 11.8 Å². The van der Waals surface area contributed by atoms with Crippen LogP contribution >= 0.6 is 0 Å². The van der Waals surface area contributed by atoms with Crippen molar-refractivity contribution >= 4 is 17.3 Å². The predicted octanol–water partition coefficient (Wildman–Crippen LogP) is 4.51. The van der Waals surface area contributed by atoms with E-state index in [1.165, 1.54) is 39.7 Å². The van der Waals surface area contributed by atoms with Crippen molar-refractivity contribution in [2.45, 2.75) is 26.6 Å². The van der Waals surface area contributed by atoms with E-state index >= 15 is 0 Å². The molecule has 1 heterocycles. The number of esters is 1. The van der Waals surface area contributed by atoms with Gasteiger partial charge in [-0.1, -0.05) is 23.4 Å². The van der Waals surface area contributed by atoms with Gasteiger partial charge in [-0.2, -0.15) is 13.2 Å². The van der Waals surface area contributed by atoms with Crippen LogP contribution in [0.3, 0.4) is 0 Å². The van der Waals surface area contributed by atoms with Crippen molar-refractivity contribution in [3.8, 4) is 0 Å². The second-order valence-electron chi connectivity index (χ2n) is 6.21. The van der Waals surface area contributed by atoms with Crippen LogP contribution < -0.4 is 0 Å². The first-order valence-corrected chi connectivity index (χ1v) is 8.80. The number of rotatable bonds is 7. The molecule has 0 N–H and O–H groups in total. The molecule has 160 valence electrons. The van der Waals surface area contributed by atoms with E-state index in [9.17, 15) is 18.0 Å². The Bertz CT molecular complexity index is 969. The van der Waals surface area contributed by atoms with E-state index in [0.29, 0.717) is 11.1 Å². The standard InChI is InChI=1S/C21H21F3N2O4/c1-13-7-5-8-15(17(11-28-3)20(27)29-4)16(13)12-30-26-14(2)19-18(21(22,23)24)9-6-10-25-19/h5-11H,12H2,1-4H3/b17-11+,26-14+. The fourth-order valence-electron chi connectivity index (χ4n) is 2.75. The number of halogens is 3. The molecule has 0 unspecified atom stereocenters. The number of nitrogens with zero attached hydrogens (tertiary/aromatic N) is 2. The first-order valence-electron chi connectivity index (χ1n) is 8.80. The molecule has 0 saturated carbocycles. The highest BCUT2D eigenvalue weighted by atomic mass is 19.4. The first kappa shape index (κ1) is 22.9. The van der Waals surface area contributed by atoms with Crippen LogP contribution in [0.2, 0.25) is 0 Å². The van der Waals surface area contributed by atoms with Crippen LogP contribution in [0, 0.1) is 6.92 Å². The molecule has 0 bridgehead atoms. The van der Waals surface area contributed by atoms with Gasteiger partial charge in [-0.25, -0.2) is 4.79 Å².